The fourth-order valence-electron chi connectivity index (χ4n) is 3.01. The summed E-state index contributed by atoms with van der Waals surface area (Å²) in [7, 11) is 1.59. The van der Waals surface area contributed by atoms with Gasteiger partial charge in [0.05, 0.1) is 12.8 Å². The van der Waals surface area contributed by atoms with Gasteiger partial charge in [-0.3, -0.25) is 10.1 Å². The number of benzene rings is 2. The molecule has 144 valence electrons. The average molecular weight is 396 g/mol. The topological polar surface area (TPSA) is 69.7 Å². The van der Waals surface area contributed by atoms with Crippen molar-refractivity contribution < 1.29 is 19.0 Å². The Kier molecular flexibility index (Phi) is 4.92. The summed E-state index contributed by atoms with van der Waals surface area (Å²) >= 11 is 1.48. The van der Waals surface area contributed by atoms with Crippen molar-refractivity contribution in [2.45, 2.75) is 20.3 Å². The number of methoxy groups -OCH3 is 1. The number of rotatable bonds is 5. The zero-order chi connectivity index (χ0) is 19.7. The number of carbonyl (C=O) groups is 1. The van der Waals surface area contributed by atoms with Gasteiger partial charge in [-0.15, -0.1) is 11.3 Å². The first-order chi connectivity index (χ1) is 13.5. The Labute approximate surface area is 167 Å². The Bertz CT molecular complexity index is 1040. The van der Waals surface area contributed by atoms with Crippen molar-refractivity contribution >= 4 is 22.4 Å². The summed E-state index contributed by atoms with van der Waals surface area (Å²) < 4.78 is 16.1. The molecule has 2 aromatic carbocycles. The predicted molar refractivity (Wildman–Crippen MR) is 108 cm³/mol. The van der Waals surface area contributed by atoms with E-state index < -0.39 is 0 Å². The van der Waals surface area contributed by atoms with Crippen molar-refractivity contribution in [2.75, 3.05) is 19.2 Å². The lowest BCUT2D eigenvalue weighted by Gasteiger charge is -2.07. The SMILES string of the molecule is COc1cc(C(=O)Nc2nc(C)c(Cc3ccc4c(c3)OCO4)s2)ccc1C. The Morgan fingerprint density at radius 3 is 2.82 bits per heavy atom. The van der Waals surface area contributed by atoms with Crippen LogP contribution in [0.25, 0.3) is 0 Å². The Balaban J connectivity index is 1.49. The molecule has 0 bridgehead atoms. The second-order valence-corrected chi connectivity index (χ2v) is 7.61. The molecule has 1 amide bonds. The molecule has 7 heteroatoms. The molecule has 1 aliphatic rings. The third-order valence-corrected chi connectivity index (χ3v) is 5.66. The van der Waals surface area contributed by atoms with Crippen LogP contribution in [0.4, 0.5) is 5.13 Å². The van der Waals surface area contributed by atoms with Gasteiger partial charge in [0.25, 0.3) is 5.91 Å². The van der Waals surface area contributed by atoms with Crippen LogP contribution < -0.4 is 19.5 Å². The molecule has 0 unspecified atom stereocenters. The van der Waals surface area contributed by atoms with Gasteiger partial charge in [-0.05, 0) is 49.2 Å². The molecular weight excluding hydrogens is 376 g/mol. The third kappa shape index (κ3) is 3.66. The first-order valence-corrected chi connectivity index (χ1v) is 9.66. The van der Waals surface area contributed by atoms with E-state index in [4.69, 9.17) is 14.2 Å². The van der Waals surface area contributed by atoms with Crippen molar-refractivity contribution in [3.63, 3.8) is 0 Å². The van der Waals surface area contributed by atoms with Gasteiger partial charge < -0.3 is 14.2 Å². The van der Waals surface area contributed by atoms with Gasteiger partial charge in [-0.1, -0.05) is 12.1 Å². The highest BCUT2D eigenvalue weighted by atomic mass is 32.1. The van der Waals surface area contributed by atoms with Crippen molar-refractivity contribution in [3.05, 3.63) is 63.7 Å². The van der Waals surface area contributed by atoms with Crippen LogP contribution in [0.5, 0.6) is 17.2 Å². The lowest BCUT2D eigenvalue weighted by atomic mass is 10.1. The molecule has 1 aromatic heterocycles. The van der Waals surface area contributed by atoms with E-state index in [1.54, 1.807) is 19.2 Å². The molecule has 28 heavy (non-hydrogen) atoms. The summed E-state index contributed by atoms with van der Waals surface area (Å²) in [6.07, 6.45) is 0.717. The fourth-order valence-corrected chi connectivity index (χ4v) is 4.00. The lowest BCUT2D eigenvalue weighted by Crippen LogP contribution is -2.12. The Hall–Kier alpha value is -3.06. The van der Waals surface area contributed by atoms with E-state index in [1.807, 2.05) is 38.1 Å². The number of fused-ring (bicyclic) bond motifs is 1. The minimum Gasteiger partial charge on any atom is -0.496 e. The van der Waals surface area contributed by atoms with Crippen LogP contribution in [0.1, 0.15) is 32.1 Å². The van der Waals surface area contributed by atoms with Crippen molar-refractivity contribution in [3.8, 4) is 17.2 Å². The zero-order valence-corrected chi connectivity index (χ0v) is 16.7. The number of anilines is 1. The minimum atomic E-state index is -0.207. The molecule has 4 rings (SSSR count). The second-order valence-electron chi connectivity index (χ2n) is 6.53. The van der Waals surface area contributed by atoms with E-state index in [0.717, 1.165) is 33.2 Å². The fraction of sp³-hybridized carbons (Fsp3) is 0.238. The zero-order valence-electron chi connectivity index (χ0n) is 15.9. The lowest BCUT2D eigenvalue weighted by molar-refractivity contribution is 0.102. The summed E-state index contributed by atoms with van der Waals surface area (Å²) in [4.78, 5) is 18.2. The molecule has 0 saturated carbocycles. The van der Waals surface area contributed by atoms with Gasteiger partial charge in [0.15, 0.2) is 16.6 Å². The van der Waals surface area contributed by atoms with E-state index in [1.165, 1.54) is 11.3 Å². The van der Waals surface area contributed by atoms with E-state index in [0.29, 0.717) is 22.9 Å². The maximum atomic E-state index is 12.6. The van der Waals surface area contributed by atoms with Gasteiger partial charge in [-0.25, -0.2) is 4.98 Å². The van der Waals surface area contributed by atoms with Gasteiger partial charge in [0.1, 0.15) is 5.75 Å². The minimum absolute atomic E-state index is 0.207. The number of amides is 1. The normalized spacial score (nSPS) is 12.1. The van der Waals surface area contributed by atoms with Crippen LogP contribution in [0, 0.1) is 13.8 Å². The Morgan fingerprint density at radius 2 is 2.00 bits per heavy atom. The molecule has 2 heterocycles. The molecule has 0 saturated heterocycles. The molecule has 3 aromatic rings. The summed E-state index contributed by atoms with van der Waals surface area (Å²) in [5, 5.41) is 3.47. The number of hydrogen-bond acceptors (Lipinski definition) is 6. The molecule has 0 spiro atoms. The molecule has 0 radical (unpaired) electrons. The first-order valence-electron chi connectivity index (χ1n) is 8.84. The average Bonchev–Trinajstić information content (AvgIpc) is 3.28. The van der Waals surface area contributed by atoms with Crippen LogP contribution in [0.3, 0.4) is 0 Å². The number of aromatic nitrogens is 1. The summed E-state index contributed by atoms with van der Waals surface area (Å²) in [6.45, 7) is 4.15. The standard InChI is InChI=1S/C21H20N2O4S/c1-12-4-6-15(10-17(12)25-3)20(24)23-21-22-13(2)19(28-21)9-14-5-7-16-18(8-14)27-11-26-16/h4-8,10H,9,11H2,1-3H3,(H,22,23,24). The van der Waals surface area contributed by atoms with Crippen molar-refractivity contribution in [2.24, 2.45) is 0 Å². The molecule has 1 N–H and O–H groups in total. The monoisotopic (exact) mass is 396 g/mol. The largest absolute Gasteiger partial charge is 0.496 e. The van der Waals surface area contributed by atoms with Crippen molar-refractivity contribution in [1.29, 1.82) is 0 Å². The summed E-state index contributed by atoms with van der Waals surface area (Å²) in [5.74, 6) is 2.01. The third-order valence-electron chi connectivity index (χ3n) is 4.59. The maximum absolute atomic E-state index is 12.6. The summed E-state index contributed by atoms with van der Waals surface area (Å²) in [5.41, 5.74) is 3.53. The number of hydrogen-bond donors (Lipinski definition) is 1. The highest BCUT2D eigenvalue weighted by Crippen LogP contribution is 2.34. The molecule has 6 nitrogen and oxygen atoms in total. The quantitative estimate of drug-likeness (QED) is 0.695. The maximum Gasteiger partial charge on any atom is 0.257 e. The molecule has 0 atom stereocenters. The van der Waals surface area contributed by atoms with Crippen LogP contribution in [-0.4, -0.2) is 24.8 Å². The predicted octanol–water partition coefficient (Wildman–Crippen LogP) is 4.34. The molecule has 0 fully saturated rings. The highest BCUT2D eigenvalue weighted by Gasteiger charge is 2.16. The second kappa shape index (κ2) is 7.52. The van der Waals surface area contributed by atoms with Gasteiger partial charge in [0.2, 0.25) is 6.79 Å². The summed E-state index contributed by atoms with van der Waals surface area (Å²) in [6, 6.07) is 11.3. The van der Waals surface area contributed by atoms with Gasteiger partial charge >= 0.3 is 0 Å². The number of ether oxygens (including phenoxy) is 3. The van der Waals surface area contributed by atoms with E-state index >= 15 is 0 Å². The molecule has 0 aliphatic carbocycles. The number of aryl methyl sites for hydroxylation is 2. The van der Waals surface area contributed by atoms with Gasteiger partial charge in [0, 0.05) is 16.9 Å². The Morgan fingerprint density at radius 1 is 1.18 bits per heavy atom. The first kappa shape index (κ1) is 18.3. The number of carbonyl (C=O) groups excluding carboxylic acids is 1. The molecule has 1 aliphatic heterocycles. The number of nitrogens with one attached hydrogen (secondary N) is 1. The van der Waals surface area contributed by atoms with E-state index in [2.05, 4.69) is 10.3 Å². The van der Waals surface area contributed by atoms with Gasteiger partial charge in [-0.2, -0.15) is 0 Å². The van der Waals surface area contributed by atoms with E-state index in [-0.39, 0.29) is 12.7 Å². The molecular formula is C21H20N2O4S. The van der Waals surface area contributed by atoms with Crippen molar-refractivity contribution in [1.82, 2.24) is 4.98 Å². The highest BCUT2D eigenvalue weighted by molar-refractivity contribution is 7.15. The van der Waals surface area contributed by atoms with Crippen LogP contribution in [-0.2, 0) is 6.42 Å². The van der Waals surface area contributed by atoms with Crippen LogP contribution in [0.2, 0.25) is 0 Å². The van der Waals surface area contributed by atoms with E-state index in [9.17, 15) is 4.79 Å². The number of nitrogens with zero attached hydrogens (tertiary/aromatic N) is 1. The smallest absolute Gasteiger partial charge is 0.257 e. The van der Waals surface area contributed by atoms with Crippen LogP contribution >= 0.6 is 11.3 Å². The number of thiazole rings is 1. The van der Waals surface area contributed by atoms with Crippen LogP contribution in [0.15, 0.2) is 36.4 Å².